The van der Waals surface area contributed by atoms with Crippen molar-refractivity contribution in [3.63, 3.8) is 0 Å². The van der Waals surface area contributed by atoms with Gasteiger partial charge in [0.25, 0.3) is 5.91 Å². The summed E-state index contributed by atoms with van der Waals surface area (Å²) in [6, 6.07) is 14.8. The molecule has 0 atom stereocenters. The highest BCUT2D eigenvalue weighted by Gasteiger charge is 2.28. The minimum Gasteiger partial charge on any atom is -0.331 e. The number of aryl methyl sites for hydroxylation is 2. The van der Waals surface area contributed by atoms with Crippen molar-refractivity contribution in [2.75, 3.05) is 23.9 Å². The molecule has 150 valence electrons. The van der Waals surface area contributed by atoms with Crippen molar-refractivity contribution in [1.82, 2.24) is 4.90 Å². The van der Waals surface area contributed by atoms with E-state index in [0.717, 1.165) is 11.1 Å². The normalized spacial score (nSPS) is 13.7. The highest BCUT2D eigenvalue weighted by molar-refractivity contribution is 6.40. The second-order valence-electron chi connectivity index (χ2n) is 7.17. The summed E-state index contributed by atoms with van der Waals surface area (Å²) < 4.78 is 0. The predicted molar refractivity (Wildman–Crippen MR) is 113 cm³/mol. The van der Waals surface area contributed by atoms with Crippen LogP contribution in [-0.4, -0.2) is 41.9 Å². The van der Waals surface area contributed by atoms with Gasteiger partial charge in [-0.05, 0) is 43.7 Å². The molecule has 0 fully saturated rings. The summed E-state index contributed by atoms with van der Waals surface area (Å²) in [5.41, 5.74) is 3.65. The SMILES string of the molecule is Cc1ccc(NC(=O)CN(C)C(=O)C2=NN(c3cccc(C)c3)C(=O)CC2)cc1. The van der Waals surface area contributed by atoms with Crippen molar-refractivity contribution >= 4 is 34.8 Å². The van der Waals surface area contributed by atoms with Crippen LogP contribution < -0.4 is 10.3 Å². The Hall–Kier alpha value is -3.48. The molecule has 0 bridgehead atoms. The first-order valence-corrected chi connectivity index (χ1v) is 9.42. The van der Waals surface area contributed by atoms with Crippen LogP contribution in [0, 0.1) is 13.8 Å². The van der Waals surface area contributed by atoms with Gasteiger partial charge in [-0.1, -0.05) is 29.8 Å². The van der Waals surface area contributed by atoms with Gasteiger partial charge in [0.15, 0.2) is 0 Å². The van der Waals surface area contributed by atoms with E-state index in [0.29, 0.717) is 11.4 Å². The zero-order valence-corrected chi connectivity index (χ0v) is 16.8. The first-order valence-electron chi connectivity index (χ1n) is 9.42. The molecule has 7 nitrogen and oxygen atoms in total. The number of hydrazone groups is 1. The number of benzene rings is 2. The minimum atomic E-state index is -0.366. The van der Waals surface area contributed by atoms with E-state index in [9.17, 15) is 14.4 Å². The molecule has 0 saturated heterocycles. The lowest BCUT2D eigenvalue weighted by Gasteiger charge is -2.25. The van der Waals surface area contributed by atoms with Crippen molar-refractivity contribution < 1.29 is 14.4 Å². The van der Waals surface area contributed by atoms with Gasteiger partial charge in [0.05, 0.1) is 12.2 Å². The Labute approximate surface area is 170 Å². The number of amides is 3. The lowest BCUT2D eigenvalue weighted by Crippen LogP contribution is -2.42. The number of hydrogen-bond acceptors (Lipinski definition) is 4. The fraction of sp³-hybridized carbons (Fsp3) is 0.273. The van der Waals surface area contributed by atoms with E-state index < -0.39 is 0 Å². The molecule has 0 saturated carbocycles. The van der Waals surface area contributed by atoms with E-state index in [2.05, 4.69) is 10.4 Å². The number of likely N-dealkylation sites (N-methyl/N-ethyl adjacent to an activating group) is 1. The van der Waals surface area contributed by atoms with Crippen molar-refractivity contribution in [3.8, 4) is 0 Å². The van der Waals surface area contributed by atoms with E-state index in [1.165, 1.54) is 9.91 Å². The topological polar surface area (TPSA) is 82.1 Å². The smallest absolute Gasteiger partial charge is 0.270 e. The van der Waals surface area contributed by atoms with Crippen LogP contribution in [0.5, 0.6) is 0 Å². The van der Waals surface area contributed by atoms with Gasteiger partial charge in [0, 0.05) is 25.6 Å². The summed E-state index contributed by atoms with van der Waals surface area (Å²) in [5.74, 6) is -0.825. The molecular formula is C22H24N4O3. The largest absolute Gasteiger partial charge is 0.331 e. The minimum absolute atomic E-state index is 0.107. The third-order valence-electron chi connectivity index (χ3n) is 4.59. The number of rotatable bonds is 5. The second-order valence-corrected chi connectivity index (χ2v) is 7.17. The lowest BCUT2D eigenvalue weighted by atomic mass is 10.1. The maximum atomic E-state index is 12.8. The zero-order valence-electron chi connectivity index (χ0n) is 16.8. The molecule has 1 N–H and O–H groups in total. The molecule has 0 radical (unpaired) electrons. The molecule has 2 aromatic carbocycles. The summed E-state index contributed by atoms with van der Waals surface area (Å²) in [6.45, 7) is 3.78. The van der Waals surface area contributed by atoms with E-state index in [1.807, 2.05) is 56.3 Å². The Bertz CT molecular complexity index is 966. The maximum Gasteiger partial charge on any atom is 0.270 e. The molecule has 7 heteroatoms. The summed E-state index contributed by atoms with van der Waals surface area (Å²) >= 11 is 0. The van der Waals surface area contributed by atoms with Gasteiger partial charge in [0.2, 0.25) is 11.8 Å². The van der Waals surface area contributed by atoms with Crippen LogP contribution in [-0.2, 0) is 14.4 Å². The molecule has 0 aromatic heterocycles. The quantitative estimate of drug-likeness (QED) is 0.849. The van der Waals surface area contributed by atoms with E-state index >= 15 is 0 Å². The molecule has 2 aromatic rings. The van der Waals surface area contributed by atoms with E-state index in [1.54, 1.807) is 13.1 Å². The van der Waals surface area contributed by atoms with Gasteiger partial charge in [0.1, 0.15) is 5.71 Å². The van der Waals surface area contributed by atoms with Gasteiger partial charge >= 0.3 is 0 Å². The van der Waals surface area contributed by atoms with Crippen LogP contribution in [0.3, 0.4) is 0 Å². The molecule has 1 aliphatic heterocycles. The molecule has 1 heterocycles. The zero-order chi connectivity index (χ0) is 21.0. The number of nitrogens with one attached hydrogen (secondary N) is 1. The van der Waals surface area contributed by atoms with Gasteiger partial charge < -0.3 is 10.2 Å². The summed E-state index contributed by atoms with van der Waals surface area (Å²) in [7, 11) is 1.55. The Morgan fingerprint density at radius 3 is 2.48 bits per heavy atom. The first kappa shape index (κ1) is 20.3. The van der Waals surface area contributed by atoms with Crippen molar-refractivity contribution in [2.45, 2.75) is 26.7 Å². The number of nitrogens with zero attached hydrogens (tertiary/aromatic N) is 3. The standard InChI is InChI=1S/C22H24N4O3/c1-15-7-9-17(10-8-15)23-20(27)14-25(3)22(29)19-11-12-21(28)26(24-19)18-6-4-5-16(2)13-18/h4-10,13H,11-12,14H2,1-3H3,(H,23,27). The van der Waals surface area contributed by atoms with Crippen molar-refractivity contribution in [2.24, 2.45) is 5.10 Å². The average molecular weight is 392 g/mol. The number of anilines is 2. The van der Waals surface area contributed by atoms with Crippen molar-refractivity contribution in [3.05, 3.63) is 59.7 Å². The highest BCUT2D eigenvalue weighted by atomic mass is 16.2. The van der Waals surface area contributed by atoms with Crippen LogP contribution >= 0.6 is 0 Å². The Morgan fingerprint density at radius 2 is 1.79 bits per heavy atom. The fourth-order valence-electron chi connectivity index (χ4n) is 3.01. The molecule has 3 amide bonds. The Kier molecular flexibility index (Phi) is 6.07. The number of carbonyl (C=O) groups excluding carboxylic acids is 3. The molecule has 0 unspecified atom stereocenters. The molecule has 1 aliphatic rings. The number of carbonyl (C=O) groups is 3. The summed E-state index contributed by atoms with van der Waals surface area (Å²) in [5, 5.41) is 8.31. The molecule has 3 rings (SSSR count). The van der Waals surface area contributed by atoms with Gasteiger partial charge in [-0.3, -0.25) is 14.4 Å². The fourth-order valence-corrected chi connectivity index (χ4v) is 3.01. The van der Waals surface area contributed by atoms with Gasteiger partial charge in [-0.15, -0.1) is 0 Å². The van der Waals surface area contributed by atoms with Crippen LogP contribution in [0.4, 0.5) is 11.4 Å². The predicted octanol–water partition coefficient (Wildman–Crippen LogP) is 2.88. The van der Waals surface area contributed by atoms with Crippen LogP contribution in [0.2, 0.25) is 0 Å². The monoisotopic (exact) mass is 392 g/mol. The average Bonchev–Trinajstić information content (AvgIpc) is 2.69. The Balaban J connectivity index is 1.67. The second kappa shape index (κ2) is 8.68. The van der Waals surface area contributed by atoms with Crippen LogP contribution in [0.1, 0.15) is 24.0 Å². The van der Waals surface area contributed by atoms with Crippen LogP contribution in [0.15, 0.2) is 53.6 Å². The molecular weight excluding hydrogens is 368 g/mol. The first-order chi connectivity index (χ1) is 13.8. The molecule has 0 spiro atoms. The van der Waals surface area contributed by atoms with Crippen molar-refractivity contribution in [1.29, 1.82) is 0 Å². The highest BCUT2D eigenvalue weighted by Crippen LogP contribution is 2.21. The van der Waals surface area contributed by atoms with Gasteiger partial charge in [-0.2, -0.15) is 5.10 Å². The van der Waals surface area contributed by atoms with E-state index in [-0.39, 0.29) is 42.8 Å². The lowest BCUT2D eigenvalue weighted by molar-refractivity contribution is -0.128. The third kappa shape index (κ3) is 5.07. The van der Waals surface area contributed by atoms with Crippen LogP contribution in [0.25, 0.3) is 0 Å². The molecule has 0 aliphatic carbocycles. The summed E-state index contributed by atoms with van der Waals surface area (Å²) in [4.78, 5) is 38.6. The molecule has 29 heavy (non-hydrogen) atoms. The number of hydrogen-bond donors (Lipinski definition) is 1. The summed E-state index contributed by atoms with van der Waals surface area (Å²) in [6.07, 6.45) is 0.450. The maximum absolute atomic E-state index is 12.8. The van der Waals surface area contributed by atoms with E-state index in [4.69, 9.17) is 0 Å². The third-order valence-corrected chi connectivity index (χ3v) is 4.59. The Morgan fingerprint density at radius 1 is 1.07 bits per heavy atom. The van der Waals surface area contributed by atoms with Gasteiger partial charge in [-0.25, -0.2) is 5.01 Å².